The molecular weight excluding hydrogens is 384 g/mol. The maximum Gasteiger partial charge on any atom is 0.127 e. The molecule has 0 saturated heterocycles. The molecule has 4 aromatic rings. The van der Waals surface area contributed by atoms with Crippen molar-refractivity contribution in [2.75, 3.05) is 0 Å². The van der Waals surface area contributed by atoms with Crippen molar-refractivity contribution < 1.29 is 14.9 Å². The number of ether oxygens (including phenoxy) is 1. The van der Waals surface area contributed by atoms with Gasteiger partial charge in [-0.1, -0.05) is 84.9 Å². The number of rotatable bonds is 8. The second-order valence-electron chi connectivity index (χ2n) is 7.66. The van der Waals surface area contributed by atoms with E-state index in [-0.39, 0.29) is 0 Å². The van der Waals surface area contributed by atoms with Crippen molar-refractivity contribution in [3.63, 3.8) is 0 Å². The van der Waals surface area contributed by atoms with Crippen LogP contribution < -0.4 is 4.74 Å². The molecule has 0 saturated carbocycles. The predicted molar refractivity (Wildman–Crippen MR) is 123 cm³/mol. The molecule has 3 nitrogen and oxygen atoms in total. The second kappa shape index (κ2) is 10.1. The molecule has 0 aliphatic heterocycles. The first-order valence-electron chi connectivity index (χ1n) is 10.5. The summed E-state index contributed by atoms with van der Waals surface area (Å²) in [5.41, 5.74) is 3.81. The molecule has 31 heavy (non-hydrogen) atoms. The van der Waals surface area contributed by atoms with E-state index in [0.717, 1.165) is 33.8 Å². The molecule has 2 N–H and O–H groups in total. The Kier molecular flexibility index (Phi) is 6.78. The second-order valence-corrected chi connectivity index (χ2v) is 7.66. The first-order chi connectivity index (χ1) is 15.2. The molecule has 0 fully saturated rings. The van der Waals surface area contributed by atoms with E-state index >= 15 is 0 Å². The highest BCUT2D eigenvalue weighted by Gasteiger charge is 2.11. The van der Waals surface area contributed by atoms with Gasteiger partial charge in [-0.05, 0) is 46.5 Å². The summed E-state index contributed by atoms with van der Waals surface area (Å²) in [5.74, 6) is 1.44. The lowest BCUT2D eigenvalue weighted by Crippen LogP contribution is -2.02. The molecule has 0 aromatic heterocycles. The molecular formula is C28H26O3. The highest BCUT2D eigenvalue weighted by molar-refractivity contribution is 5.37. The van der Waals surface area contributed by atoms with Gasteiger partial charge in [0.15, 0.2) is 0 Å². The normalized spacial score (nSPS) is 12.8. The Balaban J connectivity index is 1.42. The number of benzene rings is 4. The quantitative estimate of drug-likeness (QED) is 0.373. The van der Waals surface area contributed by atoms with Gasteiger partial charge in [-0.2, -0.15) is 0 Å². The van der Waals surface area contributed by atoms with Crippen LogP contribution in [0.1, 0.15) is 34.5 Å². The summed E-state index contributed by atoms with van der Waals surface area (Å²) in [4.78, 5) is 0. The Morgan fingerprint density at radius 2 is 0.935 bits per heavy atom. The molecule has 0 aliphatic rings. The van der Waals surface area contributed by atoms with Gasteiger partial charge in [-0.25, -0.2) is 0 Å². The minimum Gasteiger partial charge on any atom is -0.457 e. The van der Waals surface area contributed by atoms with Gasteiger partial charge < -0.3 is 14.9 Å². The molecule has 0 amide bonds. The van der Waals surface area contributed by atoms with Crippen LogP contribution in [0.15, 0.2) is 109 Å². The summed E-state index contributed by atoms with van der Waals surface area (Å²) < 4.78 is 6.07. The molecule has 0 heterocycles. The molecule has 4 rings (SSSR count). The number of hydrogen-bond donors (Lipinski definition) is 2. The fourth-order valence-electron chi connectivity index (χ4n) is 3.64. The molecule has 0 spiro atoms. The van der Waals surface area contributed by atoms with Crippen molar-refractivity contribution >= 4 is 0 Å². The third-order valence-electron chi connectivity index (χ3n) is 5.26. The monoisotopic (exact) mass is 410 g/mol. The van der Waals surface area contributed by atoms with Crippen LogP contribution in [0.2, 0.25) is 0 Å². The van der Waals surface area contributed by atoms with Crippen LogP contribution >= 0.6 is 0 Å². The van der Waals surface area contributed by atoms with Crippen molar-refractivity contribution in [2.24, 2.45) is 0 Å². The van der Waals surface area contributed by atoms with E-state index in [1.54, 1.807) is 0 Å². The van der Waals surface area contributed by atoms with E-state index in [0.29, 0.717) is 12.8 Å². The number of hydrogen-bond acceptors (Lipinski definition) is 3. The summed E-state index contributed by atoms with van der Waals surface area (Å²) >= 11 is 0. The minimum atomic E-state index is -0.556. The van der Waals surface area contributed by atoms with Crippen LogP contribution in [0.5, 0.6) is 11.5 Å². The summed E-state index contributed by atoms with van der Waals surface area (Å²) in [5, 5.41) is 21.0. The Morgan fingerprint density at radius 3 is 1.35 bits per heavy atom. The topological polar surface area (TPSA) is 49.7 Å². The summed E-state index contributed by atoms with van der Waals surface area (Å²) in [7, 11) is 0. The van der Waals surface area contributed by atoms with Gasteiger partial charge in [0.1, 0.15) is 11.5 Å². The molecule has 0 radical (unpaired) electrons. The Labute approximate surface area is 183 Å². The van der Waals surface area contributed by atoms with E-state index in [4.69, 9.17) is 4.74 Å². The third kappa shape index (κ3) is 5.82. The van der Waals surface area contributed by atoms with Gasteiger partial charge >= 0.3 is 0 Å². The zero-order valence-electron chi connectivity index (χ0n) is 17.3. The lowest BCUT2D eigenvalue weighted by molar-refractivity contribution is 0.178. The molecule has 0 bridgehead atoms. The van der Waals surface area contributed by atoms with Crippen LogP contribution in [0.4, 0.5) is 0 Å². The maximum atomic E-state index is 10.5. The van der Waals surface area contributed by atoms with Crippen molar-refractivity contribution in [3.05, 3.63) is 131 Å². The SMILES string of the molecule is OC(Cc1cccc(Oc2cccc(CC(O)c3ccccc3)c2)c1)c1ccccc1. The van der Waals surface area contributed by atoms with Gasteiger partial charge in [0.05, 0.1) is 12.2 Å². The summed E-state index contributed by atoms with van der Waals surface area (Å²) in [6.45, 7) is 0. The van der Waals surface area contributed by atoms with Crippen LogP contribution in [0, 0.1) is 0 Å². The van der Waals surface area contributed by atoms with Crippen molar-refractivity contribution in [2.45, 2.75) is 25.0 Å². The molecule has 4 aromatic carbocycles. The molecule has 0 aliphatic carbocycles. The van der Waals surface area contributed by atoms with E-state index in [1.807, 2.05) is 109 Å². The highest BCUT2D eigenvalue weighted by atomic mass is 16.5. The smallest absolute Gasteiger partial charge is 0.127 e. The lowest BCUT2D eigenvalue weighted by Gasteiger charge is -2.14. The average Bonchev–Trinajstić information content (AvgIpc) is 2.81. The fourth-order valence-corrected chi connectivity index (χ4v) is 3.64. The summed E-state index contributed by atoms with van der Waals surface area (Å²) in [6, 6.07) is 34.9. The largest absolute Gasteiger partial charge is 0.457 e. The predicted octanol–water partition coefficient (Wildman–Crippen LogP) is 6.03. The van der Waals surface area contributed by atoms with Crippen LogP contribution in [0.25, 0.3) is 0 Å². The van der Waals surface area contributed by atoms with E-state index in [1.165, 1.54) is 0 Å². The zero-order chi connectivity index (χ0) is 21.5. The average molecular weight is 411 g/mol. The third-order valence-corrected chi connectivity index (χ3v) is 5.26. The molecule has 3 heteroatoms. The minimum absolute atomic E-state index is 0.518. The zero-order valence-corrected chi connectivity index (χ0v) is 17.3. The molecule has 2 unspecified atom stereocenters. The first kappa shape index (κ1) is 20.9. The van der Waals surface area contributed by atoms with Gasteiger partial charge in [0, 0.05) is 12.8 Å². The van der Waals surface area contributed by atoms with Gasteiger partial charge in [-0.3, -0.25) is 0 Å². The van der Waals surface area contributed by atoms with Crippen molar-refractivity contribution in [1.29, 1.82) is 0 Å². The molecule has 156 valence electrons. The van der Waals surface area contributed by atoms with Crippen molar-refractivity contribution in [3.8, 4) is 11.5 Å². The lowest BCUT2D eigenvalue weighted by atomic mass is 10.0. The van der Waals surface area contributed by atoms with Crippen molar-refractivity contribution in [1.82, 2.24) is 0 Å². The van der Waals surface area contributed by atoms with Crippen LogP contribution in [0.3, 0.4) is 0 Å². The Bertz CT molecular complexity index is 1000. The Hall–Kier alpha value is -3.40. The maximum absolute atomic E-state index is 10.5. The van der Waals surface area contributed by atoms with Crippen LogP contribution in [-0.4, -0.2) is 10.2 Å². The van der Waals surface area contributed by atoms with E-state index in [9.17, 15) is 10.2 Å². The van der Waals surface area contributed by atoms with Crippen LogP contribution in [-0.2, 0) is 12.8 Å². The summed E-state index contributed by atoms with van der Waals surface area (Å²) in [6.07, 6.45) is -0.0757. The fraction of sp³-hybridized carbons (Fsp3) is 0.143. The first-order valence-corrected chi connectivity index (χ1v) is 10.5. The van der Waals surface area contributed by atoms with Gasteiger partial charge in [0.2, 0.25) is 0 Å². The number of aliphatic hydroxyl groups excluding tert-OH is 2. The standard InChI is InChI=1S/C28H26O3/c29-27(23-11-3-1-4-12-23)19-21-9-7-15-25(17-21)31-26-16-8-10-22(18-26)20-28(30)24-13-5-2-6-14-24/h1-18,27-30H,19-20H2. The van der Waals surface area contributed by atoms with E-state index < -0.39 is 12.2 Å². The Morgan fingerprint density at radius 1 is 0.516 bits per heavy atom. The van der Waals surface area contributed by atoms with Gasteiger partial charge in [-0.15, -0.1) is 0 Å². The number of aliphatic hydroxyl groups is 2. The van der Waals surface area contributed by atoms with Gasteiger partial charge in [0.25, 0.3) is 0 Å². The van der Waals surface area contributed by atoms with E-state index in [2.05, 4.69) is 0 Å². The highest BCUT2D eigenvalue weighted by Crippen LogP contribution is 2.27. The molecule has 2 atom stereocenters.